The van der Waals surface area contributed by atoms with Gasteiger partial charge in [0.05, 0.1) is 12.6 Å². The van der Waals surface area contributed by atoms with E-state index in [1.54, 1.807) is 29.0 Å². The van der Waals surface area contributed by atoms with Crippen molar-refractivity contribution in [3.8, 4) is 5.75 Å². The van der Waals surface area contributed by atoms with Crippen molar-refractivity contribution in [2.45, 2.75) is 13.0 Å². The van der Waals surface area contributed by atoms with Crippen LogP contribution in [0.25, 0.3) is 0 Å². The van der Waals surface area contributed by atoms with Crippen LogP contribution in [0.3, 0.4) is 0 Å². The van der Waals surface area contributed by atoms with Crippen LogP contribution < -0.4 is 5.32 Å². The molecule has 1 aromatic rings. The molecule has 3 amide bonds. The molecule has 0 unspecified atom stereocenters. The van der Waals surface area contributed by atoms with Gasteiger partial charge in [0.2, 0.25) is 0 Å². The predicted molar refractivity (Wildman–Crippen MR) is 85.5 cm³/mol. The van der Waals surface area contributed by atoms with Crippen LogP contribution >= 0.6 is 0 Å². The lowest BCUT2D eigenvalue weighted by Crippen LogP contribution is -2.54. The highest BCUT2D eigenvalue weighted by Gasteiger charge is 2.25. The molecule has 1 saturated heterocycles. The van der Waals surface area contributed by atoms with Crippen molar-refractivity contribution in [1.82, 2.24) is 15.1 Å². The van der Waals surface area contributed by atoms with E-state index in [9.17, 15) is 14.7 Å². The number of nitrogens with zero attached hydrogens (tertiary/aromatic N) is 2. The second-order valence-electron chi connectivity index (χ2n) is 5.64. The standard InChI is InChI=1S/C16H23N3O4/c1-12(11-23-2)17-16(22)19-8-6-18(7-9-19)15(21)13-4-3-5-14(20)10-13/h3-5,10,12,20H,6-9,11H2,1-2H3,(H,17,22)/t12-/m1/s1. The smallest absolute Gasteiger partial charge is 0.317 e. The minimum absolute atomic E-state index is 0.0561. The number of carbonyl (C=O) groups excluding carboxylic acids is 2. The molecule has 1 aliphatic rings. The van der Waals surface area contributed by atoms with Crippen molar-refractivity contribution in [2.24, 2.45) is 0 Å². The number of hydrogen-bond acceptors (Lipinski definition) is 4. The van der Waals surface area contributed by atoms with Crippen molar-refractivity contribution in [3.63, 3.8) is 0 Å². The molecule has 1 aliphatic heterocycles. The minimum Gasteiger partial charge on any atom is -0.508 e. The Morgan fingerprint density at radius 3 is 2.52 bits per heavy atom. The van der Waals surface area contributed by atoms with Crippen LogP contribution in [-0.2, 0) is 4.74 Å². The molecule has 23 heavy (non-hydrogen) atoms. The van der Waals surface area contributed by atoms with Crippen LogP contribution in [-0.4, -0.2) is 72.8 Å². The highest BCUT2D eigenvalue weighted by molar-refractivity contribution is 5.94. The molecule has 1 heterocycles. The molecule has 7 heteroatoms. The zero-order valence-electron chi connectivity index (χ0n) is 13.5. The quantitative estimate of drug-likeness (QED) is 0.863. The number of benzene rings is 1. The molecular weight excluding hydrogens is 298 g/mol. The number of rotatable bonds is 4. The van der Waals surface area contributed by atoms with Gasteiger partial charge in [0.15, 0.2) is 0 Å². The van der Waals surface area contributed by atoms with Gasteiger partial charge < -0.3 is 25.0 Å². The number of carbonyl (C=O) groups is 2. The summed E-state index contributed by atoms with van der Waals surface area (Å²) < 4.78 is 4.99. The molecule has 0 spiro atoms. The fraction of sp³-hybridized carbons (Fsp3) is 0.500. The maximum atomic E-state index is 12.4. The van der Waals surface area contributed by atoms with Crippen LogP contribution in [0.15, 0.2) is 24.3 Å². The van der Waals surface area contributed by atoms with E-state index in [1.165, 1.54) is 12.1 Å². The van der Waals surface area contributed by atoms with E-state index in [-0.39, 0.29) is 23.7 Å². The zero-order chi connectivity index (χ0) is 16.8. The average Bonchev–Trinajstić information content (AvgIpc) is 2.54. The highest BCUT2D eigenvalue weighted by Crippen LogP contribution is 2.14. The molecule has 0 saturated carbocycles. The van der Waals surface area contributed by atoms with Gasteiger partial charge in [-0.1, -0.05) is 6.07 Å². The van der Waals surface area contributed by atoms with E-state index < -0.39 is 0 Å². The van der Waals surface area contributed by atoms with Gasteiger partial charge in [0, 0.05) is 38.9 Å². The van der Waals surface area contributed by atoms with Gasteiger partial charge in [-0.25, -0.2) is 4.79 Å². The second-order valence-corrected chi connectivity index (χ2v) is 5.64. The van der Waals surface area contributed by atoms with E-state index in [1.807, 2.05) is 6.92 Å². The molecular formula is C16H23N3O4. The van der Waals surface area contributed by atoms with Gasteiger partial charge in [-0.15, -0.1) is 0 Å². The first-order valence-corrected chi connectivity index (χ1v) is 7.64. The number of nitrogens with one attached hydrogen (secondary N) is 1. The van der Waals surface area contributed by atoms with Gasteiger partial charge in [-0.3, -0.25) is 4.79 Å². The number of amides is 3. The van der Waals surface area contributed by atoms with Crippen molar-refractivity contribution in [1.29, 1.82) is 0 Å². The molecule has 1 atom stereocenters. The molecule has 7 nitrogen and oxygen atoms in total. The second kappa shape index (κ2) is 7.82. The van der Waals surface area contributed by atoms with E-state index in [2.05, 4.69) is 5.32 Å². The summed E-state index contributed by atoms with van der Waals surface area (Å²) in [7, 11) is 1.59. The van der Waals surface area contributed by atoms with Crippen LogP contribution in [0.2, 0.25) is 0 Å². The van der Waals surface area contributed by atoms with Crippen LogP contribution in [0, 0.1) is 0 Å². The average molecular weight is 321 g/mol. The summed E-state index contributed by atoms with van der Waals surface area (Å²) >= 11 is 0. The highest BCUT2D eigenvalue weighted by atomic mass is 16.5. The van der Waals surface area contributed by atoms with E-state index in [0.717, 1.165) is 0 Å². The lowest BCUT2D eigenvalue weighted by atomic mass is 10.1. The van der Waals surface area contributed by atoms with E-state index in [4.69, 9.17) is 4.74 Å². The SMILES string of the molecule is COC[C@@H](C)NC(=O)N1CCN(C(=O)c2cccc(O)c2)CC1. The molecule has 2 N–H and O–H groups in total. The first-order chi connectivity index (χ1) is 11.0. The van der Waals surface area contributed by atoms with Crippen LogP contribution in [0.1, 0.15) is 17.3 Å². The number of ether oxygens (including phenoxy) is 1. The summed E-state index contributed by atoms with van der Waals surface area (Å²) in [5.41, 5.74) is 0.455. The summed E-state index contributed by atoms with van der Waals surface area (Å²) in [6.45, 7) is 4.25. The van der Waals surface area contributed by atoms with E-state index in [0.29, 0.717) is 38.3 Å². The molecule has 0 radical (unpaired) electrons. The van der Waals surface area contributed by atoms with Gasteiger partial charge in [-0.2, -0.15) is 0 Å². The summed E-state index contributed by atoms with van der Waals surface area (Å²) in [6.07, 6.45) is 0. The number of phenols is 1. The number of hydrogen-bond donors (Lipinski definition) is 2. The lowest BCUT2D eigenvalue weighted by Gasteiger charge is -2.35. The van der Waals surface area contributed by atoms with Gasteiger partial charge in [0.25, 0.3) is 5.91 Å². The van der Waals surface area contributed by atoms with Gasteiger partial charge >= 0.3 is 6.03 Å². The van der Waals surface area contributed by atoms with Gasteiger partial charge in [0.1, 0.15) is 5.75 Å². The normalized spacial score (nSPS) is 16.1. The monoisotopic (exact) mass is 321 g/mol. The molecule has 1 aromatic carbocycles. The zero-order valence-corrected chi connectivity index (χ0v) is 13.5. The Morgan fingerprint density at radius 1 is 1.26 bits per heavy atom. The minimum atomic E-state index is -0.140. The van der Waals surface area contributed by atoms with Crippen molar-refractivity contribution >= 4 is 11.9 Å². The Hall–Kier alpha value is -2.28. The molecule has 0 bridgehead atoms. The molecule has 0 aromatic heterocycles. The summed E-state index contributed by atoms with van der Waals surface area (Å²) in [5.74, 6) is -0.0605. The summed E-state index contributed by atoms with van der Waals surface area (Å²) in [4.78, 5) is 27.9. The molecule has 2 rings (SSSR count). The van der Waals surface area contributed by atoms with Crippen molar-refractivity contribution in [2.75, 3.05) is 39.9 Å². The first kappa shape index (κ1) is 17.1. The Morgan fingerprint density at radius 2 is 1.91 bits per heavy atom. The van der Waals surface area contributed by atoms with Crippen molar-refractivity contribution in [3.05, 3.63) is 29.8 Å². The van der Waals surface area contributed by atoms with E-state index >= 15 is 0 Å². The lowest BCUT2D eigenvalue weighted by molar-refractivity contribution is 0.0660. The fourth-order valence-corrected chi connectivity index (χ4v) is 2.53. The number of phenolic OH excluding ortho intramolecular Hbond substituents is 1. The topological polar surface area (TPSA) is 82.1 Å². The Bertz CT molecular complexity index is 556. The molecule has 1 fully saturated rings. The summed E-state index contributed by atoms with van der Waals surface area (Å²) in [5, 5.41) is 12.3. The largest absolute Gasteiger partial charge is 0.508 e. The third kappa shape index (κ3) is 4.59. The van der Waals surface area contributed by atoms with Crippen molar-refractivity contribution < 1.29 is 19.4 Å². The number of urea groups is 1. The number of methoxy groups -OCH3 is 1. The third-order valence-corrected chi connectivity index (χ3v) is 3.73. The number of piperazine rings is 1. The third-order valence-electron chi connectivity index (χ3n) is 3.73. The Labute approximate surface area is 135 Å². The summed E-state index contributed by atoms with van der Waals surface area (Å²) in [6, 6.07) is 6.10. The van der Waals surface area contributed by atoms with Gasteiger partial charge in [-0.05, 0) is 25.1 Å². The predicted octanol–water partition coefficient (Wildman–Crippen LogP) is 0.894. The maximum absolute atomic E-state index is 12.4. The number of aromatic hydroxyl groups is 1. The Balaban J connectivity index is 1.86. The van der Waals surface area contributed by atoms with Crippen LogP contribution in [0.4, 0.5) is 4.79 Å². The molecule has 0 aliphatic carbocycles. The molecule has 126 valence electrons. The first-order valence-electron chi connectivity index (χ1n) is 7.64. The maximum Gasteiger partial charge on any atom is 0.317 e. The van der Waals surface area contributed by atoms with Crippen LogP contribution in [0.5, 0.6) is 5.75 Å². The Kier molecular flexibility index (Phi) is 5.81. The fourth-order valence-electron chi connectivity index (χ4n) is 2.53.